The number of anilines is 2. The second-order valence-electron chi connectivity index (χ2n) is 4.67. The fourth-order valence-corrected chi connectivity index (χ4v) is 2.19. The Balaban J connectivity index is 2.02. The number of benzene rings is 1. The van der Waals surface area contributed by atoms with Gasteiger partial charge in [0.25, 0.3) is 0 Å². The average Bonchev–Trinajstić information content (AvgIpc) is 2.81. The maximum Gasteiger partial charge on any atom is 0.231 e. The molecular formula is C14H18N2O2. The van der Waals surface area contributed by atoms with Gasteiger partial charge >= 0.3 is 0 Å². The fraction of sp³-hybridized carbons (Fsp3) is 0.429. The van der Waals surface area contributed by atoms with E-state index in [0.29, 0.717) is 0 Å². The summed E-state index contributed by atoms with van der Waals surface area (Å²) in [4.78, 5) is 24.7. The minimum atomic E-state index is -0.249. The van der Waals surface area contributed by atoms with Crippen molar-refractivity contribution in [2.75, 3.05) is 23.3 Å². The van der Waals surface area contributed by atoms with Crippen LogP contribution in [0.15, 0.2) is 24.3 Å². The smallest absolute Gasteiger partial charge is 0.231 e. The summed E-state index contributed by atoms with van der Waals surface area (Å²) in [6, 6.07) is 7.78. The summed E-state index contributed by atoms with van der Waals surface area (Å²) in [5.41, 5.74) is 1.89. The highest BCUT2D eigenvalue weighted by Gasteiger charge is 2.13. The lowest BCUT2D eigenvalue weighted by atomic mass is 10.2. The van der Waals surface area contributed by atoms with E-state index in [4.69, 9.17) is 0 Å². The Bertz CT molecular complexity index is 451. The number of ketones is 1. The van der Waals surface area contributed by atoms with Gasteiger partial charge in [-0.15, -0.1) is 0 Å². The molecule has 1 aliphatic rings. The largest absolute Gasteiger partial charge is 0.371 e. The molecule has 1 heterocycles. The molecule has 0 saturated carbocycles. The summed E-state index contributed by atoms with van der Waals surface area (Å²) in [5.74, 6) is -0.371. The van der Waals surface area contributed by atoms with Crippen LogP contribution in [0.5, 0.6) is 0 Å². The predicted octanol–water partition coefficient (Wildman–Crippen LogP) is 2.20. The lowest BCUT2D eigenvalue weighted by Gasteiger charge is -2.18. The van der Waals surface area contributed by atoms with Crippen LogP contribution in [0.25, 0.3) is 0 Å². The van der Waals surface area contributed by atoms with Crippen molar-refractivity contribution in [1.82, 2.24) is 0 Å². The van der Waals surface area contributed by atoms with E-state index >= 15 is 0 Å². The molecule has 0 aliphatic carbocycles. The van der Waals surface area contributed by atoms with Crippen LogP contribution in [0.1, 0.15) is 26.2 Å². The number of amides is 1. The maximum absolute atomic E-state index is 11.5. The van der Waals surface area contributed by atoms with Crippen LogP contribution in [0.2, 0.25) is 0 Å². The van der Waals surface area contributed by atoms with E-state index < -0.39 is 0 Å². The first-order chi connectivity index (χ1) is 8.65. The van der Waals surface area contributed by atoms with Crippen LogP contribution < -0.4 is 10.2 Å². The van der Waals surface area contributed by atoms with E-state index in [9.17, 15) is 9.59 Å². The Morgan fingerprint density at radius 1 is 1.28 bits per heavy atom. The van der Waals surface area contributed by atoms with Crippen LogP contribution in [0.3, 0.4) is 0 Å². The van der Waals surface area contributed by atoms with Gasteiger partial charge in [-0.3, -0.25) is 9.59 Å². The number of hydrogen-bond donors (Lipinski definition) is 1. The van der Waals surface area contributed by atoms with Crippen molar-refractivity contribution in [3.8, 4) is 0 Å². The number of carbonyl (C=O) groups excluding carboxylic acids is 2. The van der Waals surface area contributed by atoms with Gasteiger partial charge < -0.3 is 10.2 Å². The SMILES string of the molecule is CC(=O)CC(=O)Nc1cccc(N2CCCC2)c1. The summed E-state index contributed by atoms with van der Waals surface area (Å²) in [7, 11) is 0. The third-order valence-electron chi connectivity index (χ3n) is 3.01. The second kappa shape index (κ2) is 5.67. The zero-order valence-corrected chi connectivity index (χ0v) is 10.6. The normalized spacial score (nSPS) is 14.6. The predicted molar refractivity (Wildman–Crippen MR) is 71.8 cm³/mol. The van der Waals surface area contributed by atoms with Gasteiger partial charge in [0.15, 0.2) is 0 Å². The molecular weight excluding hydrogens is 228 g/mol. The molecule has 0 atom stereocenters. The quantitative estimate of drug-likeness (QED) is 0.829. The van der Waals surface area contributed by atoms with E-state index in [1.807, 2.05) is 24.3 Å². The van der Waals surface area contributed by atoms with Crippen molar-refractivity contribution >= 4 is 23.1 Å². The number of Topliss-reactive ketones (excluding diaryl/α,β-unsaturated/α-hetero) is 1. The van der Waals surface area contributed by atoms with Crippen molar-refractivity contribution in [3.63, 3.8) is 0 Å². The Kier molecular flexibility index (Phi) is 3.97. The first-order valence-corrected chi connectivity index (χ1v) is 6.29. The molecule has 0 bridgehead atoms. The lowest BCUT2D eigenvalue weighted by molar-refractivity contribution is -0.124. The van der Waals surface area contributed by atoms with E-state index in [1.165, 1.54) is 19.8 Å². The maximum atomic E-state index is 11.5. The highest BCUT2D eigenvalue weighted by Crippen LogP contribution is 2.23. The van der Waals surface area contributed by atoms with Gasteiger partial charge in [0.1, 0.15) is 5.78 Å². The first-order valence-electron chi connectivity index (χ1n) is 6.29. The van der Waals surface area contributed by atoms with Crippen LogP contribution in [-0.2, 0) is 9.59 Å². The third-order valence-corrected chi connectivity index (χ3v) is 3.01. The number of rotatable bonds is 4. The molecule has 4 heteroatoms. The summed E-state index contributed by atoms with van der Waals surface area (Å²) >= 11 is 0. The van der Waals surface area contributed by atoms with Crippen LogP contribution in [-0.4, -0.2) is 24.8 Å². The first kappa shape index (κ1) is 12.6. The molecule has 1 N–H and O–H groups in total. The molecule has 96 valence electrons. The number of hydrogen-bond acceptors (Lipinski definition) is 3. The molecule has 1 aromatic rings. The summed E-state index contributed by atoms with van der Waals surface area (Å²) in [5, 5.41) is 2.75. The van der Waals surface area contributed by atoms with Crippen molar-refractivity contribution in [2.45, 2.75) is 26.2 Å². The molecule has 1 aliphatic heterocycles. The summed E-state index contributed by atoms with van der Waals surface area (Å²) < 4.78 is 0. The van der Waals surface area contributed by atoms with Crippen LogP contribution >= 0.6 is 0 Å². The summed E-state index contributed by atoms with van der Waals surface area (Å²) in [6.07, 6.45) is 2.38. The topological polar surface area (TPSA) is 49.4 Å². The van der Waals surface area contributed by atoms with Crippen LogP contribution in [0, 0.1) is 0 Å². The molecule has 1 aromatic carbocycles. The van der Waals surface area contributed by atoms with E-state index in [-0.39, 0.29) is 18.1 Å². The Labute approximate surface area is 107 Å². The van der Waals surface area contributed by atoms with Crippen molar-refractivity contribution in [3.05, 3.63) is 24.3 Å². The highest BCUT2D eigenvalue weighted by molar-refractivity contribution is 6.03. The lowest BCUT2D eigenvalue weighted by Crippen LogP contribution is -2.18. The van der Waals surface area contributed by atoms with Crippen molar-refractivity contribution < 1.29 is 9.59 Å². The van der Waals surface area contributed by atoms with E-state index in [2.05, 4.69) is 10.2 Å². The van der Waals surface area contributed by atoms with Gasteiger partial charge in [-0.1, -0.05) is 6.07 Å². The van der Waals surface area contributed by atoms with Gasteiger partial charge in [0.2, 0.25) is 5.91 Å². The molecule has 1 saturated heterocycles. The average molecular weight is 246 g/mol. The molecule has 0 spiro atoms. The summed E-state index contributed by atoms with van der Waals surface area (Å²) in [6.45, 7) is 3.57. The van der Waals surface area contributed by atoms with E-state index in [0.717, 1.165) is 24.5 Å². The Morgan fingerprint density at radius 2 is 2.00 bits per heavy atom. The molecule has 18 heavy (non-hydrogen) atoms. The number of carbonyl (C=O) groups is 2. The third kappa shape index (κ3) is 3.32. The van der Waals surface area contributed by atoms with Gasteiger partial charge in [-0.25, -0.2) is 0 Å². The molecule has 1 amide bonds. The van der Waals surface area contributed by atoms with Gasteiger partial charge in [0.05, 0.1) is 6.42 Å². The minimum absolute atomic E-state index is 0.0616. The standard InChI is InChI=1S/C14H18N2O2/c1-11(17)9-14(18)15-12-5-4-6-13(10-12)16-7-2-3-8-16/h4-6,10H,2-3,7-9H2,1H3,(H,15,18). The second-order valence-corrected chi connectivity index (χ2v) is 4.67. The van der Waals surface area contributed by atoms with Gasteiger partial charge in [0, 0.05) is 24.5 Å². The molecule has 1 fully saturated rings. The van der Waals surface area contributed by atoms with Crippen molar-refractivity contribution in [2.24, 2.45) is 0 Å². The van der Waals surface area contributed by atoms with E-state index in [1.54, 1.807) is 0 Å². The molecule has 0 radical (unpaired) electrons. The number of nitrogens with zero attached hydrogens (tertiary/aromatic N) is 1. The van der Waals surface area contributed by atoms with Crippen molar-refractivity contribution in [1.29, 1.82) is 0 Å². The van der Waals surface area contributed by atoms with Gasteiger partial charge in [-0.2, -0.15) is 0 Å². The molecule has 0 unspecified atom stereocenters. The minimum Gasteiger partial charge on any atom is -0.371 e. The molecule has 0 aromatic heterocycles. The number of nitrogens with one attached hydrogen (secondary N) is 1. The van der Waals surface area contributed by atoms with Gasteiger partial charge in [-0.05, 0) is 38.0 Å². The fourth-order valence-electron chi connectivity index (χ4n) is 2.19. The monoisotopic (exact) mass is 246 g/mol. The van der Waals surface area contributed by atoms with Crippen LogP contribution in [0.4, 0.5) is 11.4 Å². The highest BCUT2D eigenvalue weighted by atomic mass is 16.2. The Morgan fingerprint density at radius 3 is 2.67 bits per heavy atom. The Hall–Kier alpha value is -1.84. The molecule has 4 nitrogen and oxygen atoms in total. The zero-order chi connectivity index (χ0) is 13.0. The zero-order valence-electron chi connectivity index (χ0n) is 10.6. The molecule has 2 rings (SSSR count).